The van der Waals surface area contributed by atoms with Crippen LogP contribution in [0.25, 0.3) is 0 Å². The summed E-state index contributed by atoms with van der Waals surface area (Å²) in [5.41, 5.74) is 1.31. The molecule has 0 aliphatic carbocycles. The largest absolute Gasteiger partial charge is 0.493 e. The fourth-order valence-corrected chi connectivity index (χ4v) is 3.35. The molecular formula is C21H20ClN3O4S. The number of methoxy groups -OCH3 is 1. The molecule has 3 rings (SSSR count). The van der Waals surface area contributed by atoms with Gasteiger partial charge in [-0.25, -0.2) is 4.98 Å². The molecule has 0 atom stereocenters. The number of nitrogens with one attached hydrogen (secondary N) is 2. The Morgan fingerprint density at radius 2 is 1.83 bits per heavy atom. The van der Waals surface area contributed by atoms with E-state index in [1.54, 1.807) is 41.9 Å². The van der Waals surface area contributed by atoms with Crippen molar-refractivity contribution in [2.24, 2.45) is 0 Å². The van der Waals surface area contributed by atoms with Crippen LogP contribution in [-0.4, -0.2) is 30.5 Å². The van der Waals surface area contributed by atoms with Crippen LogP contribution < -0.4 is 20.1 Å². The molecule has 0 fully saturated rings. The van der Waals surface area contributed by atoms with E-state index in [1.807, 2.05) is 6.92 Å². The topological polar surface area (TPSA) is 89.5 Å². The highest BCUT2D eigenvalue weighted by molar-refractivity contribution is 7.13. The van der Waals surface area contributed by atoms with Crippen molar-refractivity contribution in [2.45, 2.75) is 13.3 Å². The van der Waals surface area contributed by atoms with E-state index in [-0.39, 0.29) is 11.8 Å². The van der Waals surface area contributed by atoms with Gasteiger partial charge in [-0.05, 0) is 42.8 Å². The van der Waals surface area contributed by atoms with Gasteiger partial charge in [-0.2, -0.15) is 0 Å². The molecule has 2 aromatic carbocycles. The molecule has 3 aromatic rings. The predicted octanol–water partition coefficient (Wildman–Crippen LogP) is 5.10. The Bertz CT molecular complexity index is 1020. The molecule has 2 amide bonds. The van der Waals surface area contributed by atoms with Crippen LogP contribution in [0.1, 0.15) is 34.1 Å². The van der Waals surface area contributed by atoms with Crippen molar-refractivity contribution >= 4 is 45.6 Å². The van der Waals surface area contributed by atoms with Crippen molar-refractivity contribution in [3.63, 3.8) is 0 Å². The van der Waals surface area contributed by atoms with Gasteiger partial charge in [0.05, 0.1) is 18.7 Å². The van der Waals surface area contributed by atoms with Gasteiger partial charge in [0.2, 0.25) is 0 Å². The number of carbonyl (C=O) groups excluding carboxylic acids is 2. The van der Waals surface area contributed by atoms with Crippen molar-refractivity contribution in [1.29, 1.82) is 0 Å². The number of aromatic nitrogens is 1. The van der Waals surface area contributed by atoms with Gasteiger partial charge in [-0.1, -0.05) is 18.5 Å². The van der Waals surface area contributed by atoms with Crippen LogP contribution in [0.3, 0.4) is 0 Å². The molecule has 0 saturated carbocycles. The zero-order valence-electron chi connectivity index (χ0n) is 16.4. The number of benzene rings is 2. The molecule has 7 nitrogen and oxygen atoms in total. The lowest BCUT2D eigenvalue weighted by Crippen LogP contribution is -2.14. The Labute approximate surface area is 183 Å². The minimum absolute atomic E-state index is 0.276. The Morgan fingerprint density at radius 3 is 2.47 bits per heavy atom. The minimum atomic E-state index is -0.364. The number of ether oxygens (including phenoxy) is 2. The number of hydrogen-bond acceptors (Lipinski definition) is 6. The van der Waals surface area contributed by atoms with Crippen molar-refractivity contribution in [1.82, 2.24) is 4.98 Å². The second-order valence-electron chi connectivity index (χ2n) is 6.16. The van der Waals surface area contributed by atoms with Crippen LogP contribution in [0.5, 0.6) is 11.5 Å². The molecule has 2 N–H and O–H groups in total. The van der Waals surface area contributed by atoms with Gasteiger partial charge < -0.3 is 14.8 Å². The summed E-state index contributed by atoms with van der Waals surface area (Å²) < 4.78 is 10.9. The average Bonchev–Trinajstić information content (AvgIpc) is 3.25. The molecule has 1 heterocycles. The van der Waals surface area contributed by atoms with Gasteiger partial charge in [-0.15, -0.1) is 11.3 Å². The third-order valence-electron chi connectivity index (χ3n) is 4.00. The number of anilines is 2. The van der Waals surface area contributed by atoms with Gasteiger partial charge in [0.15, 0.2) is 16.6 Å². The van der Waals surface area contributed by atoms with Crippen molar-refractivity contribution in [3.05, 3.63) is 64.1 Å². The first kappa shape index (κ1) is 21.6. The predicted molar refractivity (Wildman–Crippen MR) is 118 cm³/mol. The Balaban J connectivity index is 1.69. The van der Waals surface area contributed by atoms with Gasteiger partial charge in [0, 0.05) is 28.4 Å². The van der Waals surface area contributed by atoms with Crippen molar-refractivity contribution in [3.8, 4) is 11.5 Å². The van der Waals surface area contributed by atoms with Crippen LogP contribution in [0.15, 0.2) is 48.0 Å². The summed E-state index contributed by atoms with van der Waals surface area (Å²) in [6.07, 6.45) is 2.43. The molecule has 0 aliphatic heterocycles. The van der Waals surface area contributed by atoms with Crippen LogP contribution >= 0.6 is 22.9 Å². The SMILES string of the molecule is CCCOc1c(Cl)cc(C(=O)Nc2ccc(C(=O)Nc3nccs3)cc2)cc1OC. The molecular weight excluding hydrogens is 426 g/mol. The number of halogens is 1. The maximum Gasteiger partial charge on any atom is 0.257 e. The van der Waals surface area contributed by atoms with Crippen molar-refractivity contribution < 1.29 is 19.1 Å². The van der Waals surface area contributed by atoms with Gasteiger partial charge >= 0.3 is 0 Å². The third kappa shape index (κ3) is 5.28. The second kappa shape index (κ2) is 10.1. The maximum atomic E-state index is 12.6. The number of thiazole rings is 1. The van der Waals surface area contributed by atoms with E-state index in [4.69, 9.17) is 21.1 Å². The molecule has 0 spiro atoms. The Kier molecular flexibility index (Phi) is 7.26. The first-order chi connectivity index (χ1) is 14.5. The number of nitrogens with zero attached hydrogens (tertiary/aromatic N) is 1. The van der Waals surface area contributed by atoms with E-state index in [0.29, 0.717) is 45.1 Å². The number of carbonyl (C=O) groups is 2. The van der Waals surface area contributed by atoms with Gasteiger partial charge in [-0.3, -0.25) is 14.9 Å². The van der Waals surface area contributed by atoms with Crippen molar-refractivity contribution in [2.75, 3.05) is 24.4 Å². The Morgan fingerprint density at radius 1 is 1.10 bits per heavy atom. The quantitative estimate of drug-likeness (QED) is 0.503. The molecule has 30 heavy (non-hydrogen) atoms. The number of hydrogen-bond donors (Lipinski definition) is 2. The van der Waals surface area contributed by atoms with E-state index in [1.165, 1.54) is 24.5 Å². The van der Waals surface area contributed by atoms with Crippen LogP contribution in [0, 0.1) is 0 Å². The van der Waals surface area contributed by atoms with E-state index >= 15 is 0 Å². The fourth-order valence-electron chi connectivity index (χ4n) is 2.56. The summed E-state index contributed by atoms with van der Waals surface area (Å²) in [4.78, 5) is 28.9. The summed E-state index contributed by atoms with van der Waals surface area (Å²) in [5.74, 6) is 0.155. The monoisotopic (exact) mass is 445 g/mol. The van der Waals surface area contributed by atoms with Gasteiger partial charge in [0.25, 0.3) is 11.8 Å². The first-order valence-electron chi connectivity index (χ1n) is 9.14. The van der Waals surface area contributed by atoms with Gasteiger partial charge in [0.1, 0.15) is 0 Å². The highest BCUT2D eigenvalue weighted by Crippen LogP contribution is 2.36. The second-order valence-corrected chi connectivity index (χ2v) is 7.46. The summed E-state index contributed by atoms with van der Waals surface area (Å²) in [6, 6.07) is 9.63. The average molecular weight is 446 g/mol. The maximum absolute atomic E-state index is 12.6. The minimum Gasteiger partial charge on any atom is -0.493 e. The molecule has 0 radical (unpaired) electrons. The first-order valence-corrected chi connectivity index (χ1v) is 10.4. The molecule has 9 heteroatoms. The molecule has 0 unspecified atom stereocenters. The van der Waals surface area contributed by atoms with E-state index in [0.717, 1.165) is 6.42 Å². The highest BCUT2D eigenvalue weighted by atomic mass is 35.5. The fraction of sp³-hybridized carbons (Fsp3) is 0.190. The molecule has 0 bridgehead atoms. The summed E-state index contributed by atoms with van der Waals surface area (Å²) in [7, 11) is 1.49. The lowest BCUT2D eigenvalue weighted by atomic mass is 10.1. The normalized spacial score (nSPS) is 10.4. The van der Waals surface area contributed by atoms with E-state index in [9.17, 15) is 9.59 Å². The summed E-state index contributed by atoms with van der Waals surface area (Å²) in [5, 5.41) is 8.07. The smallest absolute Gasteiger partial charge is 0.257 e. The zero-order valence-corrected chi connectivity index (χ0v) is 18.0. The zero-order chi connectivity index (χ0) is 21.5. The van der Waals surface area contributed by atoms with E-state index < -0.39 is 0 Å². The molecule has 0 saturated heterocycles. The van der Waals surface area contributed by atoms with Crippen LogP contribution in [0.4, 0.5) is 10.8 Å². The third-order valence-corrected chi connectivity index (χ3v) is 4.97. The Hall–Kier alpha value is -3.10. The van der Waals surface area contributed by atoms with E-state index in [2.05, 4.69) is 15.6 Å². The molecule has 0 aliphatic rings. The van der Waals surface area contributed by atoms with Crippen LogP contribution in [0.2, 0.25) is 5.02 Å². The standard InChI is InChI=1S/C21H20ClN3O4S/c1-3-9-29-18-16(22)11-14(12-17(18)28-2)20(27)24-15-6-4-13(5-7-15)19(26)25-21-23-8-10-30-21/h4-8,10-12H,3,9H2,1-2H3,(H,24,27)(H,23,25,26). The lowest BCUT2D eigenvalue weighted by Gasteiger charge is -2.14. The highest BCUT2D eigenvalue weighted by Gasteiger charge is 2.16. The summed E-state index contributed by atoms with van der Waals surface area (Å²) >= 11 is 7.61. The molecule has 1 aromatic heterocycles. The summed E-state index contributed by atoms with van der Waals surface area (Å²) in [6.45, 7) is 2.47. The number of rotatable bonds is 8. The molecule has 156 valence electrons. The lowest BCUT2D eigenvalue weighted by molar-refractivity contribution is 0.101. The number of amides is 2. The van der Waals surface area contributed by atoms with Crippen LogP contribution in [-0.2, 0) is 0 Å².